The quantitative estimate of drug-likeness (QED) is 0.583. The lowest BCUT2D eigenvalue weighted by atomic mass is 10.1. The molecule has 126 valence electrons. The summed E-state index contributed by atoms with van der Waals surface area (Å²) >= 11 is 18.9. The number of rotatable bonds is 5. The van der Waals surface area contributed by atoms with Crippen LogP contribution < -0.4 is 10.9 Å². The van der Waals surface area contributed by atoms with E-state index in [1.165, 1.54) is 11.8 Å². The Kier molecular flexibility index (Phi) is 7.24. The first-order chi connectivity index (χ1) is 11.4. The largest absolute Gasteiger partial charge is 0.273 e. The average molecular weight is 404 g/mol. The Hall–Kier alpha value is -1.40. The molecule has 0 aliphatic heterocycles. The zero-order valence-corrected chi connectivity index (χ0v) is 15.4. The van der Waals surface area contributed by atoms with E-state index >= 15 is 0 Å². The van der Waals surface area contributed by atoms with Gasteiger partial charge in [-0.1, -0.05) is 46.9 Å². The van der Waals surface area contributed by atoms with E-state index in [4.69, 9.17) is 34.8 Å². The van der Waals surface area contributed by atoms with Crippen molar-refractivity contribution >= 4 is 58.4 Å². The molecule has 0 unspecified atom stereocenters. The van der Waals surface area contributed by atoms with Crippen LogP contribution >= 0.6 is 46.6 Å². The Balaban J connectivity index is 1.75. The third-order valence-corrected chi connectivity index (χ3v) is 4.86. The first-order valence-corrected chi connectivity index (χ1v) is 8.96. The highest BCUT2D eigenvalue weighted by molar-refractivity contribution is 8.00. The van der Waals surface area contributed by atoms with Crippen molar-refractivity contribution in [3.05, 3.63) is 63.1 Å². The van der Waals surface area contributed by atoms with Gasteiger partial charge in [0.2, 0.25) is 11.8 Å². The van der Waals surface area contributed by atoms with Crippen molar-refractivity contribution in [3.63, 3.8) is 0 Å². The van der Waals surface area contributed by atoms with Crippen molar-refractivity contribution in [2.45, 2.75) is 11.3 Å². The number of benzene rings is 2. The van der Waals surface area contributed by atoms with Crippen LogP contribution in [0.3, 0.4) is 0 Å². The highest BCUT2D eigenvalue weighted by Crippen LogP contribution is 2.29. The number of carbonyl (C=O) groups is 2. The molecule has 0 aliphatic rings. The van der Waals surface area contributed by atoms with E-state index in [1.54, 1.807) is 42.5 Å². The molecule has 0 fully saturated rings. The monoisotopic (exact) mass is 402 g/mol. The van der Waals surface area contributed by atoms with Crippen molar-refractivity contribution < 1.29 is 9.59 Å². The number of amides is 2. The van der Waals surface area contributed by atoms with E-state index in [0.717, 1.165) is 5.56 Å². The molecule has 0 heterocycles. The molecule has 2 amide bonds. The lowest BCUT2D eigenvalue weighted by Gasteiger charge is -2.08. The molecule has 0 aromatic heterocycles. The second-order valence-corrected chi connectivity index (χ2v) is 7.06. The summed E-state index contributed by atoms with van der Waals surface area (Å²) in [5, 5.41) is 1.66. The Bertz CT molecular complexity index is 739. The number of carbonyl (C=O) groups excluding carboxylic acids is 2. The molecule has 8 heteroatoms. The van der Waals surface area contributed by atoms with Gasteiger partial charge in [0.15, 0.2) is 0 Å². The minimum Gasteiger partial charge on any atom is -0.273 e. The molecule has 0 radical (unpaired) electrons. The number of hydrogen-bond donors (Lipinski definition) is 2. The molecule has 4 nitrogen and oxygen atoms in total. The van der Waals surface area contributed by atoms with Gasteiger partial charge in [0.05, 0.1) is 17.2 Å². The van der Waals surface area contributed by atoms with E-state index in [-0.39, 0.29) is 24.0 Å². The Morgan fingerprint density at radius 1 is 0.875 bits per heavy atom. The summed E-state index contributed by atoms with van der Waals surface area (Å²) in [7, 11) is 0. The van der Waals surface area contributed by atoms with Crippen LogP contribution in [0.2, 0.25) is 15.1 Å². The van der Waals surface area contributed by atoms with Gasteiger partial charge in [0.25, 0.3) is 0 Å². The number of nitrogens with one attached hydrogen (secondary N) is 2. The second-order valence-electron chi connectivity index (χ2n) is 4.76. The van der Waals surface area contributed by atoms with Crippen molar-refractivity contribution in [1.82, 2.24) is 10.9 Å². The number of hydrazine groups is 1. The molecular formula is C16H13Cl3N2O2S. The van der Waals surface area contributed by atoms with Crippen LogP contribution in [0.4, 0.5) is 0 Å². The van der Waals surface area contributed by atoms with Crippen LogP contribution in [-0.4, -0.2) is 17.6 Å². The predicted molar refractivity (Wildman–Crippen MR) is 98.6 cm³/mol. The fourth-order valence-corrected chi connectivity index (χ4v) is 3.16. The van der Waals surface area contributed by atoms with Gasteiger partial charge in [-0.2, -0.15) is 0 Å². The highest BCUT2D eigenvalue weighted by atomic mass is 35.5. The number of thioether (sulfide) groups is 1. The van der Waals surface area contributed by atoms with Gasteiger partial charge in [-0.25, -0.2) is 0 Å². The first-order valence-electron chi connectivity index (χ1n) is 6.84. The topological polar surface area (TPSA) is 58.2 Å². The van der Waals surface area contributed by atoms with Gasteiger partial charge in [-0.15, -0.1) is 11.8 Å². The summed E-state index contributed by atoms with van der Waals surface area (Å²) in [5.41, 5.74) is 5.52. The fraction of sp³-hybridized carbons (Fsp3) is 0.125. The van der Waals surface area contributed by atoms with Gasteiger partial charge >= 0.3 is 0 Å². The van der Waals surface area contributed by atoms with Crippen LogP contribution in [-0.2, 0) is 16.0 Å². The van der Waals surface area contributed by atoms with Gasteiger partial charge in [0, 0.05) is 14.9 Å². The summed E-state index contributed by atoms with van der Waals surface area (Å²) in [6.07, 6.45) is 0.144. The molecule has 24 heavy (non-hydrogen) atoms. The zero-order chi connectivity index (χ0) is 17.5. The molecule has 2 aromatic rings. The summed E-state index contributed by atoms with van der Waals surface area (Å²) in [5.74, 6) is -0.571. The van der Waals surface area contributed by atoms with Gasteiger partial charge in [-0.3, -0.25) is 20.4 Å². The summed E-state index contributed by atoms with van der Waals surface area (Å²) < 4.78 is 0. The third-order valence-electron chi connectivity index (χ3n) is 2.87. The standard InChI is InChI=1S/C16H13Cl3N2O2S/c17-11-3-1-10(2-4-11)7-15(22)20-21-16(23)9-24-14-8-12(18)5-6-13(14)19/h1-6,8H,7,9H2,(H,20,22)(H,21,23). The molecule has 0 saturated heterocycles. The maximum absolute atomic E-state index is 11.8. The van der Waals surface area contributed by atoms with Crippen LogP contribution in [0.25, 0.3) is 0 Å². The second kappa shape index (κ2) is 9.18. The highest BCUT2D eigenvalue weighted by Gasteiger charge is 2.08. The number of halogens is 3. The first kappa shape index (κ1) is 18.9. The molecule has 2 rings (SSSR count). The normalized spacial score (nSPS) is 10.3. The lowest BCUT2D eigenvalue weighted by Crippen LogP contribution is -2.43. The molecule has 0 aliphatic carbocycles. The van der Waals surface area contributed by atoms with Crippen LogP contribution in [0.1, 0.15) is 5.56 Å². The minimum atomic E-state index is -0.347. The van der Waals surface area contributed by atoms with Crippen molar-refractivity contribution in [3.8, 4) is 0 Å². The SMILES string of the molecule is O=C(CSc1cc(Cl)ccc1Cl)NNC(=O)Cc1ccc(Cl)cc1. The molecule has 2 N–H and O–H groups in total. The maximum Gasteiger partial charge on any atom is 0.248 e. The molecule has 0 bridgehead atoms. The van der Waals surface area contributed by atoms with Crippen LogP contribution in [0, 0.1) is 0 Å². The third kappa shape index (κ3) is 6.24. The summed E-state index contributed by atoms with van der Waals surface area (Å²) in [6, 6.07) is 11.9. The fourth-order valence-electron chi connectivity index (χ4n) is 1.74. The zero-order valence-electron chi connectivity index (χ0n) is 12.3. The summed E-state index contributed by atoms with van der Waals surface area (Å²) in [4.78, 5) is 24.2. The Morgan fingerprint density at radius 3 is 2.21 bits per heavy atom. The van der Waals surface area contributed by atoms with Crippen molar-refractivity contribution in [2.75, 3.05) is 5.75 Å². The van der Waals surface area contributed by atoms with Crippen LogP contribution in [0.15, 0.2) is 47.4 Å². The predicted octanol–water partition coefficient (Wildman–Crippen LogP) is 4.13. The summed E-state index contributed by atoms with van der Waals surface area (Å²) in [6.45, 7) is 0. The van der Waals surface area contributed by atoms with Crippen molar-refractivity contribution in [1.29, 1.82) is 0 Å². The molecule has 0 saturated carbocycles. The lowest BCUT2D eigenvalue weighted by molar-refractivity contribution is -0.127. The Morgan fingerprint density at radius 2 is 1.50 bits per heavy atom. The molecule has 0 spiro atoms. The maximum atomic E-state index is 11.8. The van der Waals surface area contributed by atoms with Crippen molar-refractivity contribution in [2.24, 2.45) is 0 Å². The van der Waals surface area contributed by atoms with Gasteiger partial charge < -0.3 is 0 Å². The smallest absolute Gasteiger partial charge is 0.248 e. The van der Waals surface area contributed by atoms with E-state index in [2.05, 4.69) is 10.9 Å². The van der Waals surface area contributed by atoms with Gasteiger partial charge in [0.1, 0.15) is 0 Å². The Labute approximate surface area is 158 Å². The molecular weight excluding hydrogens is 391 g/mol. The minimum absolute atomic E-state index is 0.0985. The molecule has 0 atom stereocenters. The van der Waals surface area contributed by atoms with E-state index in [1.807, 2.05) is 0 Å². The van der Waals surface area contributed by atoms with E-state index in [0.29, 0.717) is 20.0 Å². The van der Waals surface area contributed by atoms with Gasteiger partial charge in [-0.05, 0) is 35.9 Å². The molecule has 2 aromatic carbocycles. The van der Waals surface area contributed by atoms with E-state index < -0.39 is 0 Å². The number of hydrogen-bond acceptors (Lipinski definition) is 3. The average Bonchev–Trinajstić information content (AvgIpc) is 2.56. The van der Waals surface area contributed by atoms with E-state index in [9.17, 15) is 9.59 Å². The van der Waals surface area contributed by atoms with Crippen LogP contribution in [0.5, 0.6) is 0 Å².